The number of thiazole rings is 1. The predicted octanol–water partition coefficient (Wildman–Crippen LogP) is 3.65. The normalized spacial score (nSPS) is 11.7. The highest BCUT2D eigenvalue weighted by molar-refractivity contribution is 7.18. The zero-order valence-corrected chi connectivity index (χ0v) is 19.3. The zero-order valence-electron chi connectivity index (χ0n) is 18.5. The average Bonchev–Trinajstić information content (AvgIpc) is 3.22. The molecule has 0 saturated carbocycles. The number of hydrogen-bond donors (Lipinski definition) is 0. The lowest BCUT2D eigenvalue weighted by atomic mass is 10.1. The van der Waals surface area contributed by atoms with Gasteiger partial charge in [-0.3, -0.25) is 9.78 Å². The average molecular weight is 459 g/mol. The first-order valence-corrected chi connectivity index (χ1v) is 11.1. The first-order chi connectivity index (χ1) is 15.9. The maximum absolute atomic E-state index is 11.8. The minimum absolute atomic E-state index is 0.0517. The van der Waals surface area contributed by atoms with Crippen LogP contribution in [0.2, 0.25) is 0 Å². The molecular formula is C24H22N6O2S. The summed E-state index contributed by atoms with van der Waals surface area (Å²) in [4.78, 5) is 30.9. The van der Waals surface area contributed by atoms with Gasteiger partial charge in [-0.2, -0.15) is 10.2 Å². The summed E-state index contributed by atoms with van der Waals surface area (Å²) in [6.45, 7) is 2.19. The molecule has 3 aromatic heterocycles. The molecule has 0 saturated heterocycles. The van der Waals surface area contributed by atoms with E-state index in [-0.39, 0.29) is 18.5 Å². The van der Waals surface area contributed by atoms with Gasteiger partial charge in [-0.05, 0) is 30.2 Å². The number of amides is 1. The van der Waals surface area contributed by atoms with Crippen molar-refractivity contribution in [3.8, 4) is 12.1 Å². The number of ether oxygens (including phenoxy) is 1. The molecule has 1 aromatic carbocycles. The van der Waals surface area contributed by atoms with Crippen LogP contribution < -0.4 is 4.74 Å². The van der Waals surface area contributed by atoms with Crippen molar-refractivity contribution >= 4 is 27.5 Å². The molecule has 0 fully saturated rings. The standard InChI is InChI=1S/C24H22N6O2S/c1-15-10-21-20(13-27-15)28-23(33-21)18(12-25)19-8-9-26-24(29-19)32-14-17-6-4-16(5-7-17)11-22(31)30(2)3/h4-10,13,18H,11,14H2,1-3H3. The topological polar surface area (TPSA) is 105 Å². The minimum Gasteiger partial charge on any atom is -0.459 e. The summed E-state index contributed by atoms with van der Waals surface area (Å²) in [5.41, 5.74) is 4.07. The van der Waals surface area contributed by atoms with E-state index in [1.807, 2.05) is 37.3 Å². The molecule has 4 aromatic rings. The van der Waals surface area contributed by atoms with Gasteiger partial charge in [0.05, 0.1) is 34.6 Å². The Morgan fingerprint density at radius 3 is 2.64 bits per heavy atom. The monoisotopic (exact) mass is 458 g/mol. The van der Waals surface area contributed by atoms with Crippen LogP contribution in [0.15, 0.2) is 48.8 Å². The van der Waals surface area contributed by atoms with Gasteiger partial charge in [0.15, 0.2) is 0 Å². The lowest BCUT2D eigenvalue weighted by Crippen LogP contribution is -2.23. The molecule has 0 radical (unpaired) electrons. The maximum atomic E-state index is 11.8. The number of carbonyl (C=O) groups is 1. The number of benzene rings is 1. The number of pyridine rings is 1. The third-order valence-corrected chi connectivity index (χ3v) is 6.08. The van der Waals surface area contributed by atoms with Crippen molar-refractivity contribution in [1.29, 1.82) is 5.26 Å². The van der Waals surface area contributed by atoms with Crippen molar-refractivity contribution < 1.29 is 9.53 Å². The van der Waals surface area contributed by atoms with E-state index < -0.39 is 5.92 Å². The number of nitrogens with zero attached hydrogens (tertiary/aromatic N) is 6. The second-order valence-corrected chi connectivity index (χ2v) is 8.80. The van der Waals surface area contributed by atoms with Crippen molar-refractivity contribution in [2.75, 3.05) is 14.1 Å². The molecule has 8 nitrogen and oxygen atoms in total. The molecule has 0 spiro atoms. The Kier molecular flexibility index (Phi) is 6.56. The molecule has 4 rings (SSSR count). The molecular weight excluding hydrogens is 436 g/mol. The fraction of sp³-hybridized carbons (Fsp3) is 0.250. The molecule has 9 heteroatoms. The third-order valence-electron chi connectivity index (χ3n) is 5.00. The second kappa shape index (κ2) is 9.71. The van der Waals surface area contributed by atoms with Crippen molar-refractivity contribution in [2.24, 2.45) is 0 Å². The summed E-state index contributed by atoms with van der Waals surface area (Å²) in [7, 11) is 3.48. The van der Waals surface area contributed by atoms with Gasteiger partial charge < -0.3 is 9.64 Å². The summed E-state index contributed by atoms with van der Waals surface area (Å²) in [6.07, 6.45) is 3.66. The number of aryl methyl sites for hydroxylation is 1. The fourth-order valence-electron chi connectivity index (χ4n) is 3.14. The van der Waals surface area contributed by atoms with E-state index in [2.05, 4.69) is 26.0 Å². The van der Waals surface area contributed by atoms with Gasteiger partial charge in [0.1, 0.15) is 17.5 Å². The highest BCUT2D eigenvalue weighted by atomic mass is 32.1. The van der Waals surface area contributed by atoms with E-state index in [1.165, 1.54) is 11.3 Å². The Balaban J connectivity index is 1.46. The molecule has 0 aliphatic carbocycles. The molecule has 3 heterocycles. The molecule has 33 heavy (non-hydrogen) atoms. The number of nitriles is 1. The highest BCUT2D eigenvalue weighted by Crippen LogP contribution is 2.31. The van der Waals surface area contributed by atoms with Gasteiger partial charge in [-0.15, -0.1) is 11.3 Å². The second-order valence-electron chi connectivity index (χ2n) is 7.74. The summed E-state index contributed by atoms with van der Waals surface area (Å²) in [6, 6.07) is 13.8. The van der Waals surface area contributed by atoms with Gasteiger partial charge in [-0.1, -0.05) is 24.3 Å². The first-order valence-electron chi connectivity index (χ1n) is 10.3. The van der Waals surface area contributed by atoms with E-state index in [0.29, 0.717) is 17.1 Å². The molecule has 0 bridgehead atoms. The molecule has 0 aliphatic heterocycles. The van der Waals surface area contributed by atoms with Crippen LogP contribution in [0.3, 0.4) is 0 Å². The maximum Gasteiger partial charge on any atom is 0.316 e. The largest absolute Gasteiger partial charge is 0.459 e. The Morgan fingerprint density at radius 2 is 1.91 bits per heavy atom. The lowest BCUT2D eigenvalue weighted by Gasteiger charge is -2.11. The molecule has 166 valence electrons. The SMILES string of the molecule is Cc1cc2sc(C(C#N)c3ccnc(OCc4ccc(CC(=O)N(C)C)cc4)n3)nc2cn1. The number of fused-ring (bicyclic) bond motifs is 1. The smallest absolute Gasteiger partial charge is 0.316 e. The van der Waals surface area contributed by atoms with Crippen molar-refractivity contribution in [1.82, 2.24) is 24.8 Å². The zero-order chi connectivity index (χ0) is 23.4. The van der Waals surface area contributed by atoms with E-state index in [4.69, 9.17) is 4.74 Å². The molecule has 1 unspecified atom stereocenters. The molecule has 1 atom stereocenters. The van der Waals surface area contributed by atoms with E-state index in [0.717, 1.165) is 27.0 Å². The van der Waals surface area contributed by atoms with Crippen LogP contribution in [-0.4, -0.2) is 44.8 Å². The van der Waals surface area contributed by atoms with Crippen molar-refractivity contribution in [2.45, 2.75) is 25.9 Å². The quantitative estimate of drug-likeness (QED) is 0.416. The van der Waals surface area contributed by atoms with Crippen LogP contribution in [0.5, 0.6) is 6.01 Å². The number of hydrogen-bond acceptors (Lipinski definition) is 8. The van der Waals surface area contributed by atoms with Crippen LogP contribution in [0, 0.1) is 18.3 Å². The summed E-state index contributed by atoms with van der Waals surface area (Å²) in [5, 5.41) is 10.5. The van der Waals surface area contributed by atoms with Gasteiger partial charge in [-0.25, -0.2) is 9.97 Å². The van der Waals surface area contributed by atoms with Gasteiger partial charge in [0.25, 0.3) is 0 Å². The van der Waals surface area contributed by atoms with Crippen LogP contribution in [-0.2, 0) is 17.8 Å². The summed E-state index contributed by atoms with van der Waals surface area (Å²) >= 11 is 1.46. The minimum atomic E-state index is -0.624. The van der Waals surface area contributed by atoms with Crippen molar-refractivity contribution in [3.63, 3.8) is 0 Å². The Bertz CT molecular complexity index is 1330. The van der Waals surface area contributed by atoms with Gasteiger partial charge >= 0.3 is 6.01 Å². The van der Waals surface area contributed by atoms with E-state index >= 15 is 0 Å². The third kappa shape index (κ3) is 5.30. The van der Waals surface area contributed by atoms with Crippen LogP contribution in [0.25, 0.3) is 10.2 Å². The number of rotatable bonds is 7. The highest BCUT2D eigenvalue weighted by Gasteiger charge is 2.21. The van der Waals surface area contributed by atoms with Crippen LogP contribution in [0.4, 0.5) is 0 Å². The van der Waals surface area contributed by atoms with E-state index in [9.17, 15) is 10.1 Å². The number of aromatic nitrogens is 4. The molecule has 1 amide bonds. The van der Waals surface area contributed by atoms with Crippen LogP contribution >= 0.6 is 11.3 Å². The first kappa shape index (κ1) is 22.3. The van der Waals surface area contributed by atoms with Gasteiger partial charge in [0.2, 0.25) is 5.91 Å². The number of carbonyl (C=O) groups excluding carboxylic acids is 1. The predicted molar refractivity (Wildman–Crippen MR) is 125 cm³/mol. The van der Waals surface area contributed by atoms with Gasteiger partial charge in [0, 0.05) is 26.0 Å². The van der Waals surface area contributed by atoms with Crippen molar-refractivity contribution in [3.05, 3.63) is 76.3 Å². The molecule has 0 aliphatic rings. The number of likely N-dealkylation sites (N-methyl/N-ethyl adjacent to an activating group) is 1. The van der Waals surface area contributed by atoms with Crippen LogP contribution in [0.1, 0.15) is 33.4 Å². The summed E-state index contributed by atoms with van der Waals surface area (Å²) in [5.74, 6) is -0.572. The molecule has 0 N–H and O–H groups in total. The Labute approximate surface area is 195 Å². The Hall–Kier alpha value is -3.90. The summed E-state index contributed by atoms with van der Waals surface area (Å²) < 4.78 is 6.75. The van der Waals surface area contributed by atoms with E-state index in [1.54, 1.807) is 37.5 Å². The Morgan fingerprint density at radius 1 is 1.15 bits per heavy atom. The fourth-order valence-corrected chi connectivity index (χ4v) is 4.23. The lowest BCUT2D eigenvalue weighted by molar-refractivity contribution is -0.127.